The first-order valence-electron chi connectivity index (χ1n) is 1.47. The van der Waals surface area contributed by atoms with E-state index in [1.807, 2.05) is 0 Å². The molecule has 0 aromatic rings. The number of hydrogen-bond acceptors (Lipinski definition) is 2. The first-order valence-corrected chi connectivity index (χ1v) is 4.55. The maximum atomic E-state index is 10.4. The van der Waals surface area contributed by atoms with Gasteiger partial charge in [0.05, 0.1) is 0 Å². The Morgan fingerprint density at radius 1 is 2.00 bits per heavy atom. The second-order valence-corrected chi connectivity index (χ2v) is 5.19. The van der Waals surface area contributed by atoms with Crippen LogP contribution in [0.4, 0.5) is 0 Å². The summed E-state index contributed by atoms with van der Waals surface area (Å²) in [7, 11) is 0. The van der Waals surface area contributed by atoms with E-state index in [0.717, 1.165) is 5.17 Å². The fraction of sp³-hybridized carbons (Fsp3) is 0. The first kappa shape index (κ1) is 3.10. The smallest absolute Gasteiger partial charge is 0.289 e. The minimum atomic E-state index is -2.07. The highest BCUT2D eigenvalue weighted by Crippen LogP contribution is 2.74. The molecule has 6 heavy (non-hydrogen) atoms. The Hall–Kier alpha value is 0.0500. The molecule has 0 aromatic heterocycles. The third-order valence-electron chi connectivity index (χ3n) is 0.670. The van der Waals surface area contributed by atoms with Gasteiger partial charge in [0.25, 0.3) is 0 Å². The molecule has 1 fully saturated rings. The molecule has 0 saturated carbocycles. The summed E-state index contributed by atoms with van der Waals surface area (Å²) in [6.45, 7) is -2.07. The van der Waals surface area contributed by atoms with E-state index in [2.05, 4.69) is 9.85 Å². The van der Waals surface area contributed by atoms with Crippen LogP contribution in [0.2, 0.25) is 0 Å². The third kappa shape index (κ3) is 0.166. The minimum Gasteiger partial charge on any atom is -0.289 e. The topological polar surface area (TPSA) is 41.5 Å². The van der Waals surface area contributed by atoms with E-state index in [-0.39, 0.29) is 0 Å². The van der Waals surface area contributed by atoms with E-state index in [9.17, 15) is 4.57 Å². The highest BCUT2D eigenvalue weighted by atomic mass is 32.7. The van der Waals surface area contributed by atoms with Crippen LogP contribution in [0.3, 0.4) is 0 Å². The van der Waals surface area contributed by atoms with Crippen molar-refractivity contribution in [3.8, 4) is 0 Å². The summed E-state index contributed by atoms with van der Waals surface area (Å²) >= 11 is 1.35. The van der Waals surface area contributed by atoms with Crippen molar-refractivity contribution in [3.05, 3.63) is 0 Å². The summed E-state index contributed by atoms with van der Waals surface area (Å²) in [5, 5.41) is 3.50. The Balaban J connectivity index is 2.72. The van der Waals surface area contributed by atoms with E-state index < -0.39 is 6.65 Å². The second-order valence-electron chi connectivity index (χ2n) is 1.13. The predicted molar refractivity (Wildman–Crippen MR) is 25.8 cm³/mol. The Kier molecular flexibility index (Phi) is 0.295. The summed E-state index contributed by atoms with van der Waals surface area (Å²) in [6.07, 6.45) is 0. The monoisotopic (exact) mass is 120 g/mol. The molecular formula is CHN2OPS. The SMILES string of the molecule is O=P12N=C(N1)S2. The minimum absolute atomic E-state index is 0.846. The fourth-order valence-corrected chi connectivity index (χ4v) is 2.79. The van der Waals surface area contributed by atoms with Crippen LogP contribution in [0.25, 0.3) is 0 Å². The summed E-state index contributed by atoms with van der Waals surface area (Å²) in [4.78, 5) is 0. The number of nitrogens with one attached hydrogen (secondary N) is 1. The zero-order valence-corrected chi connectivity index (χ0v) is 4.42. The van der Waals surface area contributed by atoms with Crippen molar-refractivity contribution in [2.75, 3.05) is 0 Å². The van der Waals surface area contributed by atoms with Gasteiger partial charge in [-0.15, -0.1) is 0 Å². The molecule has 5 heteroatoms. The van der Waals surface area contributed by atoms with Crippen LogP contribution in [0, 0.1) is 0 Å². The van der Waals surface area contributed by atoms with E-state index in [1.165, 1.54) is 11.4 Å². The Bertz CT molecular complexity index is 162. The normalized spacial score (nSPS) is 47.7. The quantitative estimate of drug-likeness (QED) is 0.481. The summed E-state index contributed by atoms with van der Waals surface area (Å²) in [5.74, 6) is 0. The van der Waals surface area contributed by atoms with Crippen LogP contribution in [0.15, 0.2) is 4.76 Å². The Labute approximate surface area is 38.4 Å². The van der Waals surface area contributed by atoms with E-state index in [4.69, 9.17) is 0 Å². The molecule has 2 bridgehead atoms. The van der Waals surface area contributed by atoms with Gasteiger partial charge in [0.1, 0.15) is 0 Å². The molecular weight excluding hydrogens is 119 g/mol. The van der Waals surface area contributed by atoms with E-state index >= 15 is 0 Å². The molecule has 3 nitrogen and oxygen atoms in total. The van der Waals surface area contributed by atoms with Crippen molar-refractivity contribution in [2.45, 2.75) is 0 Å². The maximum Gasteiger partial charge on any atom is 0.346 e. The maximum absolute atomic E-state index is 10.4. The van der Waals surface area contributed by atoms with Crippen LogP contribution in [0.1, 0.15) is 0 Å². The molecule has 1 saturated heterocycles. The van der Waals surface area contributed by atoms with Gasteiger partial charge in [0, 0.05) is 11.4 Å². The van der Waals surface area contributed by atoms with Crippen LogP contribution in [-0.2, 0) is 4.57 Å². The molecule has 3 rings (SSSR count). The van der Waals surface area contributed by atoms with Crippen LogP contribution in [0.5, 0.6) is 0 Å². The van der Waals surface area contributed by atoms with Crippen molar-refractivity contribution >= 4 is 23.2 Å². The number of amidine groups is 1. The first-order chi connectivity index (χ1) is 2.79. The van der Waals surface area contributed by atoms with Crippen molar-refractivity contribution in [1.82, 2.24) is 5.09 Å². The molecule has 3 heterocycles. The van der Waals surface area contributed by atoms with Crippen molar-refractivity contribution in [3.63, 3.8) is 0 Å². The fourth-order valence-electron chi connectivity index (χ4n) is 0.370. The molecule has 3 aliphatic heterocycles. The molecule has 0 aromatic carbocycles. The van der Waals surface area contributed by atoms with Crippen LogP contribution < -0.4 is 5.09 Å². The molecule has 1 N–H and O–H groups in total. The lowest BCUT2D eigenvalue weighted by Crippen LogP contribution is -2.34. The average molecular weight is 120 g/mol. The van der Waals surface area contributed by atoms with Gasteiger partial charge >= 0.3 is 6.65 Å². The highest BCUT2D eigenvalue weighted by molar-refractivity contribution is 8.71. The standard InChI is InChI=1S/CHN2OPS/c4-5-2-1(3-5)6-5/h(H,2,3,4). The zero-order chi connectivity index (χ0) is 4.20. The number of hydrogen-bond donors (Lipinski definition) is 1. The lowest BCUT2D eigenvalue weighted by atomic mass is 11.4. The molecule has 0 amide bonds. The van der Waals surface area contributed by atoms with Crippen molar-refractivity contribution in [2.24, 2.45) is 4.76 Å². The molecule has 3 aliphatic rings. The largest absolute Gasteiger partial charge is 0.346 e. The molecule has 1 atom stereocenters. The van der Waals surface area contributed by atoms with Crippen LogP contribution in [-0.4, -0.2) is 5.17 Å². The molecule has 0 aliphatic carbocycles. The van der Waals surface area contributed by atoms with Gasteiger partial charge in [0.15, 0.2) is 5.17 Å². The van der Waals surface area contributed by atoms with Crippen LogP contribution >= 0.6 is 18.0 Å². The highest BCUT2D eigenvalue weighted by Gasteiger charge is 2.48. The number of nitrogens with zero attached hydrogens (tertiary/aromatic N) is 1. The van der Waals surface area contributed by atoms with Gasteiger partial charge in [-0.2, -0.15) is 4.76 Å². The van der Waals surface area contributed by atoms with Gasteiger partial charge in [-0.05, 0) is 0 Å². The van der Waals surface area contributed by atoms with Gasteiger partial charge < -0.3 is 0 Å². The second kappa shape index (κ2) is 0.570. The average Bonchev–Trinajstić information content (AvgIpc) is 1.24. The molecule has 32 valence electrons. The van der Waals surface area contributed by atoms with Gasteiger partial charge in [-0.1, -0.05) is 0 Å². The van der Waals surface area contributed by atoms with Gasteiger partial charge in [-0.25, -0.2) is 0 Å². The van der Waals surface area contributed by atoms with Crippen molar-refractivity contribution < 1.29 is 4.57 Å². The lowest BCUT2D eigenvalue weighted by molar-refractivity contribution is 0.579. The Morgan fingerprint density at radius 3 is 2.33 bits per heavy atom. The molecule has 0 spiro atoms. The Morgan fingerprint density at radius 2 is 2.33 bits per heavy atom. The van der Waals surface area contributed by atoms with Gasteiger partial charge in [0.2, 0.25) is 0 Å². The lowest BCUT2D eigenvalue weighted by Gasteiger charge is -2.35. The summed E-state index contributed by atoms with van der Waals surface area (Å²) in [5.41, 5.74) is 0. The summed E-state index contributed by atoms with van der Waals surface area (Å²) in [6, 6.07) is 0. The predicted octanol–water partition coefficient (Wildman–Crippen LogP) is 0.800. The number of rotatable bonds is 0. The third-order valence-corrected chi connectivity index (χ3v) is 4.31. The molecule has 1 unspecified atom stereocenters. The zero-order valence-electron chi connectivity index (χ0n) is 2.71. The van der Waals surface area contributed by atoms with Gasteiger partial charge in [-0.3, -0.25) is 9.65 Å². The van der Waals surface area contributed by atoms with E-state index in [0.29, 0.717) is 0 Å². The van der Waals surface area contributed by atoms with E-state index in [1.54, 1.807) is 0 Å². The molecule has 0 radical (unpaired) electrons. The summed E-state index contributed by atoms with van der Waals surface area (Å²) < 4.78 is 14.0. The van der Waals surface area contributed by atoms with Crippen molar-refractivity contribution in [1.29, 1.82) is 0 Å².